The van der Waals surface area contributed by atoms with Crippen LogP contribution in [0.4, 0.5) is 14.7 Å². The Morgan fingerprint density at radius 1 is 1.17 bits per heavy atom. The number of nitrogens with one attached hydrogen (secondary N) is 2. The van der Waals surface area contributed by atoms with Crippen molar-refractivity contribution in [1.82, 2.24) is 9.97 Å². The smallest absolute Gasteiger partial charge is 0.225 e. The summed E-state index contributed by atoms with van der Waals surface area (Å²) < 4.78 is 34.3. The van der Waals surface area contributed by atoms with E-state index >= 15 is 0 Å². The van der Waals surface area contributed by atoms with E-state index in [-0.39, 0.29) is 23.7 Å². The molecule has 4 rings (SSSR count). The second kappa shape index (κ2) is 8.30. The Bertz CT molecular complexity index is 957. The molecule has 0 amide bonds. The van der Waals surface area contributed by atoms with Gasteiger partial charge in [0.2, 0.25) is 5.95 Å². The average molecular weight is 411 g/mol. The first-order valence-electron chi connectivity index (χ1n) is 9.95. The number of halogens is 2. The number of ether oxygens (including phenoxy) is 1. The quantitative estimate of drug-likeness (QED) is 0.648. The molecule has 1 unspecified atom stereocenters. The first-order chi connectivity index (χ1) is 14.5. The standard InChI is InChI=1S/C22H23F2N5O/c1-2-13-8-27-22(28-9-13)29-10-16-17(11-29)18(16)12-30-21-19(23)5-15(6-20(21)24)14(7-26)3-4-25/h3-9,16-18,25-26H,2,10-12H2,1H3/b14-3+,25-4?,26-7?/t16-,17+,18?. The third-order valence-corrected chi connectivity index (χ3v) is 5.92. The van der Waals surface area contributed by atoms with Crippen LogP contribution in [0, 0.1) is 40.2 Å². The Kier molecular flexibility index (Phi) is 5.57. The zero-order chi connectivity index (χ0) is 21.3. The maximum atomic E-state index is 14.4. The van der Waals surface area contributed by atoms with Crippen LogP contribution < -0.4 is 9.64 Å². The van der Waals surface area contributed by atoms with Crippen LogP contribution in [0.2, 0.25) is 0 Å². The van der Waals surface area contributed by atoms with Crippen LogP contribution in [0.15, 0.2) is 30.6 Å². The zero-order valence-electron chi connectivity index (χ0n) is 16.6. The molecule has 0 spiro atoms. The fourth-order valence-corrected chi connectivity index (χ4v) is 4.12. The maximum absolute atomic E-state index is 14.4. The summed E-state index contributed by atoms with van der Waals surface area (Å²) in [4.78, 5) is 11.0. The van der Waals surface area contributed by atoms with Crippen molar-refractivity contribution in [2.24, 2.45) is 17.8 Å². The van der Waals surface area contributed by atoms with Crippen LogP contribution in [-0.4, -0.2) is 42.1 Å². The predicted octanol–water partition coefficient (Wildman–Crippen LogP) is 3.76. The van der Waals surface area contributed by atoms with E-state index in [0.717, 1.165) is 55.6 Å². The molecular weight excluding hydrogens is 388 g/mol. The number of anilines is 1. The van der Waals surface area contributed by atoms with E-state index in [0.29, 0.717) is 11.8 Å². The number of hydrogen-bond acceptors (Lipinski definition) is 6. The summed E-state index contributed by atoms with van der Waals surface area (Å²) in [5, 5.41) is 14.4. The summed E-state index contributed by atoms with van der Waals surface area (Å²) in [6, 6.07) is 2.26. The van der Waals surface area contributed by atoms with Crippen LogP contribution in [0.25, 0.3) is 5.57 Å². The van der Waals surface area contributed by atoms with Gasteiger partial charge in [-0.25, -0.2) is 18.7 Å². The molecule has 6 nitrogen and oxygen atoms in total. The number of aromatic nitrogens is 2. The van der Waals surface area contributed by atoms with Gasteiger partial charge in [-0.15, -0.1) is 0 Å². The fourth-order valence-electron chi connectivity index (χ4n) is 4.12. The van der Waals surface area contributed by atoms with Gasteiger partial charge in [0.05, 0.1) is 6.61 Å². The van der Waals surface area contributed by atoms with Gasteiger partial charge in [0.15, 0.2) is 17.4 Å². The summed E-state index contributed by atoms with van der Waals surface area (Å²) in [6.45, 7) is 3.98. The molecule has 0 bridgehead atoms. The minimum atomic E-state index is -0.806. The van der Waals surface area contributed by atoms with Crippen LogP contribution >= 0.6 is 0 Å². The van der Waals surface area contributed by atoms with Gasteiger partial charge in [-0.3, -0.25) is 0 Å². The topological polar surface area (TPSA) is 86.0 Å². The number of hydrogen-bond donors (Lipinski definition) is 2. The fraction of sp³-hybridized carbons (Fsp3) is 0.364. The number of nitrogens with zero attached hydrogens (tertiary/aromatic N) is 3. The Morgan fingerprint density at radius 3 is 2.33 bits per heavy atom. The highest BCUT2D eigenvalue weighted by molar-refractivity contribution is 6.12. The van der Waals surface area contributed by atoms with Gasteiger partial charge < -0.3 is 20.5 Å². The maximum Gasteiger partial charge on any atom is 0.225 e. The minimum absolute atomic E-state index is 0.198. The summed E-state index contributed by atoms with van der Waals surface area (Å²) in [6.07, 6.45) is 7.83. The number of rotatable bonds is 8. The lowest BCUT2D eigenvalue weighted by molar-refractivity contribution is 0.257. The van der Waals surface area contributed by atoms with Gasteiger partial charge in [-0.2, -0.15) is 0 Å². The Labute approximate surface area is 173 Å². The molecular formula is C22H23F2N5O. The molecule has 0 radical (unpaired) electrons. The van der Waals surface area contributed by atoms with E-state index in [1.807, 2.05) is 12.4 Å². The molecule has 2 fully saturated rings. The normalized spacial score (nSPS) is 22.6. The van der Waals surface area contributed by atoms with Gasteiger partial charge >= 0.3 is 0 Å². The average Bonchev–Trinajstić information content (AvgIpc) is 3.19. The zero-order valence-corrected chi connectivity index (χ0v) is 16.6. The summed E-state index contributed by atoms with van der Waals surface area (Å²) in [5.41, 5.74) is 1.55. The Morgan fingerprint density at radius 2 is 1.80 bits per heavy atom. The number of allylic oxidation sites excluding steroid dienone is 2. The molecule has 8 heteroatoms. The van der Waals surface area contributed by atoms with Gasteiger partial charge in [-0.05, 0) is 47.6 Å². The molecule has 1 aromatic heterocycles. The molecule has 156 valence electrons. The molecule has 1 aliphatic heterocycles. The predicted molar refractivity (Wildman–Crippen MR) is 111 cm³/mol. The number of benzene rings is 1. The molecule has 30 heavy (non-hydrogen) atoms. The summed E-state index contributed by atoms with van der Waals surface area (Å²) in [7, 11) is 0. The van der Waals surface area contributed by atoms with Crippen LogP contribution in [-0.2, 0) is 6.42 Å². The highest BCUT2D eigenvalue weighted by atomic mass is 19.1. The van der Waals surface area contributed by atoms with Crippen molar-refractivity contribution in [1.29, 1.82) is 10.8 Å². The van der Waals surface area contributed by atoms with E-state index in [9.17, 15) is 8.78 Å². The summed E-state index contributed by atoms with van der Waals surface area (Å²) in [5.74, 6) is -0.163. The molecule has 1 saturated heterocycles. The Balaban J connectivity index is 1.35. The van der Waals surface area contributed by atoms with Gasteiger partial charge in [-0.1, -0.05) is 6.92 Å². The van der Waals surface area contributed by atoms with Crippen LogP contribution in [0.3, 0.4) is 0 Å². The lowest BCUT2D eigenvalue weighted by Gasteiger charge is -2.20. The SMILES string of the molecule is CCc1cnc(N2C[C@@H]3C(COc4c(F)cc(/C(C=N)=C/C=N)cc4F)[C@@H]3C2)nc1. The number of piperidine rings is 1. The van der Waals surface area contributed by atoms with E-state index < -0.39 is 17.4 Å². The first kappa shape index (κ1) is 20.1. The second-order valence-corrected chi connectivity index (χ2v) is 7.65. The lowest BCUT2D eigenvalue weighted by atomic mass is 10.1. The van der Waals surface area contributed by atoms with Crippen molar-refractivity contribution < 1.29 is 13.5 Å². The van der Waals surface area contributed by atoms with E-state index in [2.05, 4.69) is 21.8 Å². The highest BCUT2D eigenvalue weighted by Gasteiger charge is 2.56. The molecule has 1 aliphatic carbocycles. The largest absolute Gasteiger partial charge is 0.487 e. The molecule has 1 aromatic carbocycles. The van der Waals surface area contributed by atoms with Crippen LogP contribution in [0.5, 0.6) is 5.75 Å². The monoisotopic (exact) mass is 411 g/mol. The third-order valence-electron chi connectivity index (χ3n) is 5.92. The van der Waals surface area contributed by atoms with Crippen molar-refractivity contribution in [3.8, 4) is 5.75 Å². The minimum Gasteiger partial charge on any atom is -0.487 e. The van der Waals surface area contributed by atoms with Gasteiger partial charge in [0.25, 0.3) is 0 Å². The molecule has 3 atom stereocenters. The Hall–Kier alpha value is -3.16. The van der Waals surface area contributed by atoms with Crippen LogP contribution in [0.1, 0.15) is 18.1 Å². The molecule has 2 heterocycles. The van der Waals surface area contributed by atoms with E-state index in [1.165, 1.54) is 6.08 Å². The van der Waals surface area contributed by atoms with Crippen molar-refractivity contribution in [3.05, 3.63) is 53.4 Å². The van der Waals surface area contributed by atoms with E-state index in [1.54, 1.807) is 0 Å². The lowest BCUT2D eigenvalue weighted by Crippen LogP contribution is -2.27. The molecule has 2 aliphatic rings. The molecule has 2 aromatic rings. The highest BCUT2D eigenvalue weighted by Crippen LogP contribution is 2.52. The second-order valence-electron chi connectivity index (χ2n) is 7.65. The molecule has 1 saturated carbocycles. The first-order valence-corrected chi connectivity index (χ1v) is 9.95. The van der Waals surface area contributed by atoms with Crippen molar-refractivity contribution in [2.75, 3.05) is 24.6 Å². The van der Waals surface area contributed by atoms with E-state index in [4.69, 9.17) is 15.6 Å². The van der Waals surface area contributed by atoms with Gasteiger partial charge in [0.1, 0.15) is 0 Å². The number of aryl methyl sites for hydroxylation is 1. The molecule has 2 N–H and O–H groups in total. The van der Waals surface area contributed by atoms with Gasteiger partial charge in [0, 0.05) is 49.4 Å². The number of fused-ring (bicyclic) bond motifs is 1. The van der Waals surface area contributed by atoms with Crippen molar-refractivity contribution in [3.63, 3.8) is 0 Å². The summed E-state index contributed by atoms with van der Waals surface area (Å²) >= 11 is 0. The van der Waals surface area contributed by atoms with Crippen molar-refractivity contribution >= 4 is 24.0 Å². The van der Waals surface area contributed by atoms with Crippen molar-refractivity contribution in [2.45, 2.75) is 13.3 Å². The third kappa shape index (κ3) is 3.81.